The number of ether oxygens (including phenoxy) is 15. The van der Waals surface area contributed by atoms with Gasteiger partial charge < -0.3 is 116 Å². The lowest BCUT2D eigenvalue weighted by Gasteiger charge is -2.27. The van der Waals surface area contributed by atoms with Crippen LogP contribution in [0, 0.1) is 0 Å². The molecule has 790 valence electrons. The monoisotopic (exact) mass is 2070 g/mol. The van der Waals surface area contributed by atoms with Gasteiger partial charge in [-0.25, -0.2) is 91.1 Å². The van der Waals surface area contributed by atoms with E-state index in [1.54, 1.807) is 55.5 Å². The number of aliphatic hydroxyl groups excluding tert-OH is 3. The summed E-state index contributed by atoms with van der Waals surface area (Å²) in [6, 6.07) is 32.9. The zero-order valence-electron chi connectivity index (χ0n) is 82.7. The number of fused-ring (bicyclic) bond motifs is 2. The van der Waals surface area contributed by atoms with Gasteiger partial charge in [-0.05, 0) is 156 Å². The van der Waals surface area contributed by atoms with Gasteiger partial charge in [0.05, 0.1) is 72.7 Å². The van der Waals surface area contributed by atoms with Gasteiger partial charge in [-0.15, -0.1) is 0 Å². The molecule has 0 fully saturated rings. The van der Waals surface area contributed by atoms with Crippen molar-refractivity contribution in [1.29, 1.82) is 0 Å². The Morgan fingerprint density at radius 1 is 0.275 bits per heavy atom. The predicted molar refractivity (Wildman–Crippen MR) is 525 cm³/mol. The van der Waals surface area contributed by atoms with Crippen LogP contribution in [0.3, 0.4) is 0 Å². The van der Waals surface area contributed by atoms with Gasteiger partial charge in [-0.1, -0.05) is 122 Å². The molecule has 0 saturated heterocycles. The first-order valence-electron chi connectivity index (χ1n) is 44.4. The molecule has 0 amide bonds. The van der Waals surface area contributed by atoms with E-state index >= 15 is 0 Å². The van der Waals surface area contributed by atoms with Gasteiger partial charge in [0.25, 0.3) is 0 Å². The van der Waals surface area contributed by atoms with E-state index in [1.165, 1.54) is 41.5 Å². The van der Waals surface area contributed by atoms with Crippen LogP contribution in [0.5, 0.6) is 23.0 Å². The van der Waals surface area contributed by atoms with E-state index in [9.17, 15) is 122 Å². The molecule has 149 heavy (non-hydrogen) atoms. The predicted octanol–water partition coefficient (Wildman–Crippen LogP) is 10.1. The number of esters is 11. The topological polar surface area (TPSA) is 631 Å². The Morgan fingerprint density at radius 3 is 0.718 bits per heavy atom. The Morgan fingerprint density at radius 2 is 0.483 bits per heavy atom. The molecule has 7 N–H and O–H groups in total. The maximum absolute atomic E-state index is 13.7. The number of hydrogen-bond acceptors (Lipinski definition) is 39. The van der Waals surface area contributed by atoms with E-state index in [0.717, 1.165) is 34.4 Å². The second kappa shape index (κ2) is 55.8. The maximum atomic E-state index is 13.7. The van der Waals surface area contributed by atoms with Gasteiger partial charge in [0.15, 0.2) is 12.2 Å². The van der Waals surface area contributed by atoms with E-state index in [4.69, 9.17) is 71.4 Å². The molecule has 2 heterocycles. The molecule has 0 bridgehead atoms. The number of carboxylic acids is 4. The number of aromatic carboxylic acids is 4. The Labute approximate surface area is 848 Å². The normalized spacial score (nSPS) is 11.6. The molecule has 4 atom stereocenters. The summed E-state index contributed by atoms with van der Waals surface area (Å²) in [5.41, 5.74) is -6.36. The molecule has 0 aliphatic heterocycles. The van der Waals surface area contributed by atoms with Crippen LogP contribution in [-0.2, 0) is 96.5 Å². The highest BCUT2D eigenvalue weighted by Crippen LogP contribution is 2.36. The van der Waals surface area contributed by atoms with Gasteiger partial charge in [-0.2, -0.15) is 0 Å². The molecule has 7 aromatic carbocycles. The Balaban J connectivity index is 0.000000436. The number of carbonyl (C=O) groups is 15. The first-order chi connectivity index (χ1) is 70.0. The van der Waals surface area contributed by atoms with Crippen molar-refractivity contribution in [2.24, 2.45) is 0 Å². The fourth-order valence-electron chi connectivity index (χ4n) is 12.3. The van der Waals surface area contributed by atoms with Crippen molar-refractivity contribution < 1.29 is 188 Å². The highest BCUT2D eigenvalue weighted by molar-refractivity contribution is 6.11. The lowest BCUT2D eigenvalue weighted by atomic mass is 9.78. The second-order valence-corrected chi connectivity index (χ2v) is 33.6. The maximum Gasteiger partial charge on any atom is 0.346 e. The molecule has 9 rings (SSSR count). The third kappa shape index (κ3) is 35.8. The summed E-state index contributed by atoms with van der Waals surface area (Å²) in [5, 5.41) is 67.7. The summed E-state index contributed by atoms with van der Waals surface area (Å²) >= 11 is 0. The molecule has 2 aromatic heterocycles. The average Bonchev–Trinajstić information content (AvgIpc) is 1.61. The minimum atomic E-state index is -1.78. The van der Waals surface area contributed by atoms with Crippen LogP contribution in [0.1, 0.15) is 181 Å². The molecule has 43 nitrogen and oxygen atoms in total. The van der Waals surface area contributed by atoms with Crippen LogP contribution >= 0.6 is 0 Å². The summed E-state index contributed by atoms with van der Waals surface area (Å²) < 4.78 is 87.3. The van der Waals surface area contributed by atoms with Crippen LogP contribution in [0.15, 0.2) is 247 Å². The Bertz CT molecular complexity index is 6350. The van der Waals surface area contributed by atoms with Crippen LogP contribution in [0.2, 0.25) is 0 Å². The van der Waals surface area contributed by atoms with Gasteiger partial charge in [0.1, 0.15) is 121 Å². The molecule has 0 saturated carbocycles. The largest absolute Gasteiger partial charge is 0.491 e. The minimum absolute atomic E-state index is 0.0152. The Hall–Kier alpha value is -17.9. The highest BCUT2D eigenvalue weighted by atomic mass is 16.6. The van der Waals surface area contributed by atoms with Crippen molar-refractivity contribution in [3.8, 4) is 23.0 Å². The zero-order valence-corrected chi connectivity index (χ0v) is 82.7. The number of hydrogen-bond donors (Lipinski definition) is 7. The van der Waals surface area contributed by atoms with Crippen molar-refractivity contribution in [1.82, 2.24) is 0 Å². The van der Waals surface area contributed by atoms with Crippen LogP contribution in [0.4, 0.5) is 0 Å². The third-order valence-electron chi connectivity index (χ3n) is 20.6. The number of furan rings is 2. The van der Waals surface area contributed by atoms with Gasteiger partial charge >= 0.3 is 112 Å². The molecule has 9 aromatic rings. The van der Waals surface area contributed by atoms with Crippen molar-refractivity contribution in [2.75, 3.05) is 92.5 Å². The standard InChI is InChI=1S/C61H60O26.C29H36O8.C10H2O6.C6H10O3/c1-31(2)53(70)78-19-21-80-57(74)45-25-47(43(51(66)67)23-41(45)49(62)63)59(76)86-39(29-84-55(72)33(5)6)27-82-37-15-11-35(12-16-37)61(9,10)36-13-17-38(18-14-36)83-28-40(30-85-56(73)34(7)8)87-60(77)48-26-46(42(50(64)65)24-44(48)52(68)69)58(75)81-22-20-79-54(71)32(3)4;1-19(2)27(32)36-17-23(30)15-34-25-11-7-21(8-12-25)29(5,6)22-9-13-26(14-10-22)35-16-24(31)18-37-28(33)20(3)4;11-7-3-1-4-6(10(14)16-8(4)12)2-5(3)9(13)15-7;1-5(2)6(8)9-4-3-7/h11-18,23-26,39-40H,1,3,5,7,19-22,27-30H2,2,4,6,8-10H3,(H,62,63)(H,64,65)(H,66,67)(H,68,69);7-14,23-24,30-31H,1,3,15-18H2,2,4-6H3;1-2H;7H,1,3-4H2,2H3. The van der Waals surface area contributed by atoms with Gasteiger partial charge in [0, 0.05) is 49.8 Å². The fourth-order valence-corrected chi connectivity index (χ4v) is 12.3. The molecular formula is C106H108O43. The molecule has 4 unspecified atom stereocenters. The average molecular weight is 2070 g/mol. The van der Waals surface area contributed by atoms with E-state index in [1.807, 2.05) is 62.4 Å². The molecule has 0 aliphatic carbocycles. The van der Waals surface area contributed by atoms with E-state index in [-0.39, 0.29) is 112 Å². The first-order valence-corrected chi connectivity index (χ1v) is 44.4. The van der Waals surface area contributed by atoms with Gasteiger partial charge in [-0.3, -0.25) is 0 Å². The van der Waals surface area contributed by atoms with E-state index in [0.29, 0.717) is 41.3 Å². The van der Waals surface area contributed by atoms with Crippen molar-refractivity contribution >= 4 is 111 Å². The molecule has 43 heteroatoms. The number of aliphatic hydroxyl groups is 3. The third-order valence-corrected chi connectivity index (χ3v) is 20.6. The summed E-state index contributed by atoms with van der Waals surface area (Å²) in [6.45, 7) is 37.4. The fraction of sp³-hybridized carbons (Fsp3) is 0.292. The Kier molecular flexibility index (Phi) is 44.9. The first kappa shape index (κ1) is 120. The van der Waals surface area contributed by atoms with Crippen LogP contribution < -0.4 is 41.4 Å². The van der Waals surface area contributed by atoms with Crippen LogP contribution in [-0.4, -0.2) is 242 Å². The smallest absolute Gasteiger partial charge is 0.346 e. The van der Waals surface area contributed by atoms with Gasteiger partial charge in [0.2, 0.25) is 0 Å². The molecular weight excluding hydrogens is 1960 g/mol. The molecule has 0 radical (unpaired) electrons. The van der Waals surface area contributed by atoms with Crippen molar-refractivity contribution in [3.05, 3.63) is 327 Å². The lowest BCUT2D eigenvalue weighted by Crippen LogP contribution is -2.32. The summed E-state index contributed by atoms with van der Waals surface area (Å²) in [6.07, 6.45) is -4.82. The summed E-state index contributed by atoms with van der Waals surface area (Å²) in [7, 11) is 0. The number of carboxylic acid groups (broad SMARTS) is 4. The SMILES string of the molecule is C=C(C)C(=O)OCC(O)COc1ccc(C(C)(C)c2ccc(OCC(O)COC(=O)C(=C)C)cc2)cc1.C=C(C)C(=O)OCCO.C=C(C)C(=O)OCCOC(=O)c1cc(C(=O)OC(COC(=O)C(=C)C)COc2ccc(C(C)(C)c3ccc(OCC(COC(=O)C(=C)C)OC(=O)c4cc(C(=O)OCCOC(=O)C(=C)C)c(C(=O)O)cc4C(=O)O)cc3)cc2)c(C(=O)O)cc1C(=O)O.O=c1oc(=O)c2cc3c(=O)oc(=O)c3cc12. The minimum Gasteiger partial charge on any atom is -0.491 e. The zero-order chi connectivity index (χ0) is 111. The molecule has 0 aliphatic rings. The van der Waals surface area contributed by atoms with E-state index < -0.39 is 239 Å². The van der Waals surface area contributed by atoms with Crippen molar-refractivity contribution in [2.45, 2.75) is 111 Å². The molecule has 0 spiro atoms. The number of carbonyl (C=O) groups excluding carboxylic acids is 11. The second-order valence-electron chi connectivity index (χ2n) is 33.6. The van der Waals surface area contributed by atoms with Crippen LogP contribution in [0.25, 0.3) is 21.5 Å². The van der Waals surface area contributed by atoms with E-state index in [2.05, 4.69) is 73.5 Å². The number of benzene rings is 7. The quantitative estimate of drug-likeness (QED) is 0.00806. The lowest BCUT2D eigenvalue weighted by molar-refractivity contribution is -0.143. The van der Waals surface area contributed by atoms with Crippen molar-refractivity contribution in [3.63, 3.8) is 0 Å². The highest BCUT2D eigenvalue weighted by Gasteiger charge is 2.34. The summed E-state index contributed by atoms with van der Waals surface area (Å²) in [5.74, 6) is -15.8. The number of rotatable bonds is 49. The summed E-state index contributed by atoms with van der Waals surface area (Å²) in [4.78, 5) is 229.